The van der Waals surface area contributed by atoms with Crippen LogP contribution in [0.5, 0.6) is 0 Å². The lowest BCUT2D eigenvalue weighted by Gasteiger charge is -1.98. The number of fused-ring (bicyclic) bond motifs is 1. The molecule has 2 rings (SSSR count). The first-order valence-corrected chi connectivity index (χ1v) is 3.06. The van der Waals surface area contributed by atoms with Gasteiger partial charge in [-0.3, -0.25) is 5.32 Å². The van der Waals surface area contributed by atoms with Gasteiger partial charge < -0.3 is 0 Å². The number of rotatable bonds is 0. The Labute approximate surface area is 48.5 Å². The van der Waals surface area contributed by atoms with Gasteiger partial charge in [0.25, 0.3) is 0 Å². The normalized spacial score (nSPS) is 50.1. The average Bonchev–Trinajstić information content (AvgIpc) is 2.40. The van der Waals surface area contributed by atoms with Gasteiger partial charge in [0.05, 0.1) is 12.1 Å². The first-order valence-electron chi connectivity index (χ1n) is 3.06. The van der Waals surface area contributed by atoms with Crippen molar-refractivity contribution in [2.24, 2.45) is 5.92 Å². The van der Waals surface area contributed by atoms with Crippen molar-refractivity contribution in [3.8, 4) is 6.07 Å². The standard InChI is InChI=1S/C6H8N2/c7-3-5-1-4-2-6(4)8-5/h4-6,8H,1-2H2/t4-,5+,6+/m0/s1. The van der Waals surface area contributed by atoms with Crippen LogP contribution >= 0.6 is 0 Å². The maximum absolute atomic E-state index is 8.39. The molecule has 1 aliphatic carbocycles. The first-order chi connectivity index (χ1) is 3.90. The van der Waals surface area contributed by atoms with Crippen LogP contribution in [0.1, 0.15) is 12.8 Å². The molecular formula is C6H8N2. The van der Waals surface area contributed by atoms with Gasteiger partial charge in [0.2, 0.25) is 0 Å². The number of hydrogen-bond acceptors (Lipinski definition) is 2. The van der Waals surface area contributed by atoms with Crippen LogP contribution in [0.3, 0.4) is 0 Å². The first kappa shape index (κ1) is 4.34. The molecule has 1 N–H and O–H groups in total. The zero-order valence-electron chi connectivity index (χ0n) is 4.59. The summed E-state index contributed by atoms with van der Waals surface area (Å²) in [6.45, 7) is 0. The number of nitrogens with zero attached hydrogens (tertiary/aromatic N) is 1. The van der Waals surface area contributed by atoms with Gasteiger partial charge in [0, 0.05) is 6.04 Å². The maximum atomic E-state index is 8.39. The third-order valence-corrected chi connectivity index (χ3v) is 2.03. The minimum absolute atomic E-state index is 0.179. The van der Waals surface area contributed by atoms with Gasteiger partial charge in [-0.25, -0.2) is 0 Å². The Bertz CT molecular complexity index is 137. The Morgan fingerprint density at radius 1 is 1.50 bits per heavy atom. The number of nitriles is 1. The average molecular weight is 108 g/mol. The van der Waals surface area contributed by atoms with Gasteiger partial charge in [-0.05, 0) is 18.8 Å². The highest BCUT2D eigenvalue weighted by Gasteiger charge is 2.45. The Morgan fingerprint density at radius 3 is 2.75 bits per heavy atom. The molecule has 3 atom stereocenters. The summed E-state index contributed by atoms with van der Waals surface area (Å²) in [6, 6.07) is 3.11. The molecule has 0 aromatic rings. The quantitative estimate of drug-likeness (QED) is 0.483. The highest BCUT2D eigenvalue weighted by molar-refractivity contribution is 5.09. The molecule has 1 saturated heterocycles. The van der Waals surface area contributed by atoms with Crippen molar-refractivity contribution in [3.63, 3.8) is 0 Å². The van der Waals surface area contributed by atoms with Crippen molar-refractivity contribution in [1.82, 2.24) is 5.32 Å². The van der Waals surface area contributed by atoms with E-state index in [0.29, 0.717) is 0 Å². The van der Waals surface area contributed by atoms with Crippen molar-refractivity contribution >= 4 is 0 Å². The molecule has 0 aromatic heterocycles. The van der Waals surface area contributed by atoms with Gasteiger partial charge in [-0.1, -0.05) is 0 Å². The molecule has 0 radical (unpaired) electrons. The summed E-state index contributed by atoms with van der Waals surface area (Å²) in [4.78, 5) is 0. The zero-order chi connectivity index (χ0) is 5.56. The van der Waals surface area contributed by atoms with Crippen LogP contribution in [0.2, 0.25) is 0 Å². The molecule has 0 unspecified atom stereocenters. The summed E-state index contributed by atoms with van der Waals surface area (Å²) >= 11 is 0. The van der Waals surface area contributed by atoms with Crippen molar-refractivity contribution in [2.75, 3.05) is 0 Å². The van der Waals surface area contributed by atoms with Crippen molar-refractivity contribution < 1.29 is 0 Å². The third-order valence-electron chi connectivity index (χ3n) is 2.03. The van der Waals surface area contributed by atoms with E-state index in [0.717, 1.165) is 18.4 Å². The van der Waals surface area contributed by atoms with E-state index in [2.05, 4.69) is 11.4 Å². The Balaban J connectivity index is 2.01. The van der Waals surface area contributed by atoms with Crippen molar-refractivity contribution in [2.45, 2.75) is 24.9 Å². The molecule has 1 saturated carbocycles. The fourth-order valence-electron chi connectivity index (χ4n) is 1.43. The summed E-state index contributed by atoms with van der Waals surface area (Å²) in [6.07, 6.45) is 2.42. The van der Waals surface area contributed by atoms with Crippen LogP contribution in [-0.4, -0.2) is 12.1 Å². The molecule has 2 nitrogen and oxygen atoms in total. The molecule has 0 aromatic carbocycles. The van der Waals surface area contributed by atoms with E-state index >= 15 is 0 Å². The SMILES string of the molecule is N#C[C@H]1C[C@H]2C[C@H]2N1. The maximum Gasteiger partial charge on any atom is 0.0958 e. The summed E-state index contributed by atoms with van der Waals surface area (Å²) in [5.41, 5.74) is 0. The molecule has 0 spiro atoms. The molecule has 42 valence electrons. The summed E-state index contributed by atoms with van der Waals surface area (Å²) < 4.78 is 0. The zero-order valence-corrected chi connectivity index (χ0v) is 4.59. The molecule has 2 aliphatic rings. The van der Waals surface area contributed by atoms with Crippen molar-refractivity contribution in [1.29, 1.82) is 5.26 Å². The number of piperidine rings is 1. The molecule has 2 heteroatoms. The largest absolute Gasteiger partial charge is 0.299 e. The number of hydrogen-bond donors (Lipinski definition) is 1. The van der Waals surface area contributed by atoms with Crippen LogP contribution < -0.4 is 5.32 Å². The van der Waals surface area contributed by atoms with E-state index in [-0.39, 0.29) is 6.04 Å². The Morgan fingerprint density at radius 2 is 2.38 bits per heavy atom. The van der Waals surface area contributed by atoms with Crippen molar-refractivity contribution in [3.05, 3.63) is 0 Å². The minimum atomic E-state index is 0.179. The van der Waals surface area contributed by atoms with Gasteiger partial charge >= 0.3 is 0 Å². The fourth-order valence-corrected chi connectivity index (χ4v) is 1.43. The lowest BCUT2D eigenvalue weighted by molar-refractivity contribution is 0.643. The minimum Gasteiger partial charge on any atom is -0.299 e. The molecule has 1 heterocycles. The lowest BCUT2D eigenvalue weighted by Crippen LogP contribution is -2.23. The van der Waals surface area contributed by atoms with Gasteiger partial charge in [0.15, 0.2) is 0 Å². The monoisotopic (exact) mass is 108 g/mol. The van der Waals surface area contributed by atoms with Gasteiger partial charge in [0.1, 0.15) is 0 Å². The molecule has 0 bridgehead atoms. The molecule has 8 heavy (non-hydrogen) atoms. The smallest absolute Gasteiger partial charge is 0.0958 e. The van der Waals surface area contributed by atoms with Gasteiger partial charge in [-0.2, -0.15) is 5.26 Å². The molecular weight excluding hydrogens is 100 g/mol. The van der Waals surface area contributed by atoms with Crippen LogP contribution in [0.25, 0.3) is 0 Å². The molecule has 0 amide bonds. The van der Waals surface area contributed by atoms with E-state index in [4.69, 9.17) is 5.26 Å². The van der Waals surface area contributed by atoms with Gasteiger partial charge in [-0.15, -0.1) is 0 Å². The van der Waals surface area contributed by atoms with Crippen LogP contribution in [0.15, 0.2) is 0 Å². The Kier molecular flexibility index (Phi) is 0.671. The lowest BCUT2D eigenvalue weighted by atomic mass is 10.2. The molecule has 1 aliphatic heterocycles. The second kappa shape index (κ2) is 1.24. The summed E-state index contributed by atoms with van der Waals surface area (Å²) in [5.74, 6) is 0.861. The van der Waals surface area contributed by atoms with E-state index in [1.54, 1.807) is 0 Å². The second-order valence-electron chi connectivity index (χ2n) is 2.69. The van der Waals surface area contributed by atoms with E-state index in [9.17, 15) is 0 Å². The van der Waals surface area contributed by atoms with Crippen LogP contribution in [0, 0.1) is 17.2 Å². The number of nitrogens with one attached hydrogen (secondary N) is 1. The predicted molar refractivity (Wildman–Crippen MR) is 29.0 cm³/mol. The van der Waals surface area contributed by atoms with E-state index in [1.807, 2.05) is 0 Å². The summed E-state index contributed by atoms with van der Waals surface area (Å²) in [7, 11) is 0. The summed E-state index contributed by atoms with van der Waals surface area (Å²) in [5, 5.41) is 11.6. The molecule has 2 fully saturated rings. The Hall–Kier alpha value is -0.550. The second-order valence-corrected chi connectivity index (χ2v) is 2.69. The fraction of sp³-hybridized carbons (Fsp3) is 0.833. The van der Waals surface area contributed by atoms with E-state index < -0.39 is 0 Å². The van der Waals surface area contributed by atoms with E-state index in [1.165, 1.54) is 6.42 Å². The highest BCUT2D eigenvalue weighted by atomic mass is 15.0. The third kappa shape index (κ3) is 0.452. The predicted octanol–water partition coefficient (Wildman–Crippen LogP) is 0.260. The topological polar surface area (TPSA) is 35.8 Å². The van der Waals surface area contributed by atoms with Crippen LogP contribution in [-0.2, 0) is 0 Å². The highest BCUT2D eigenvalue weighted by Crippen LogP contribution is 2.40. The van der Waals surface area contributed by atoms with Crippen LogP contribution in [0.4, 0.5) is 0 Å².